The number of carbonyl (C=O) groups is 1. The number of benzene rings is 1. The fourth-order valence-electron chi connectivity index (χ4n) is 2.81. The van der Waals surface area contributed by atoms with Crippen molar-refractivity contribution in [3.05, 3.63) is 65.5 Å². The van der Waals surface area contributed by atoms with E-state index in [1.165, 1.54) is 5.56 Å². The number of pyridine rings is 1. The van der Waals surface area contributed by atoms with Crippen LogP contribution in [0, 0.1) is 6.92 Å². The summed E-state index contributed by atoms with van der Waals surface area (Å²) in [4.78, 5) is 21.0. The molecule has 1 aromatic carbocycles. The Labute approximate surface area is 131 Å². The average Bonchev–Trinajstić information content (AvgIpc) is 2.56. The van der Waals surface area contributed by atoms with Gasteiger partial charge in [0.05, 0.1) is 5.56 Å². The van der Waals surface area contributed by atoms with Crippen molar-refractivity contribution in [2.75, 3.05) is 26.2 Å². The van der Waals surface area contributed by atoms with Gasteiger partial charge in [-0.05, 0) is 24.1 Å². The van der Waals surface area contributed by atoms with Crippen LogP contribution >= 0.6 is 0 Å². The Hall–Kier alpha value is -2.20. The van der Waals surface area contributed by atoms with E-state index in [2.05, 4.69) is 34.1 Å². The summed E-state index contributed by atoms with van der Waals surface area (Å²) >= 11 is 0. The number of piperazine rings is 1. The Morgan fingerprint density at radius 1 is 1.09 bits per heavy atom. The van der Waals surface area contributed by atoms with Crippen molar-refractivity contribution in [2.24, 2.45) is 0 Å². The molecule has 0 radical (unpaired) electrons. The Balaban J connectivity index is 1.58. The molecule has 1 aromatic heterocycles. The third kappa shape index (κ3) is 3.34. The van der Waals surface area contributed by atoms with Crippen LogP contribution < -0.4 is 0 Å². The lowest BCUT2D eigenvalue weighted by Crippen LogP contribution is -2.48. The molecule has 1 aliphatic heterocycles. The van der Waals surface area contributed by atoms with Crippen molar-refractivity contribution < 1.29 is 4.79 Å². The molecule has 22 heavy (non-hydrogen) atoms. The molecule has 0 N–H and O–H groups in total. The van der Waals surface area contributed by atoms with Gasteiger partial charge in [-0.2, -0.15) is 0 Å². The van der Waals surface area contributed by atoms with E-state index in [1.807, 2.05) is 24.0 Å². The van der Waals surface area contributed by atoms with Gasteiger partial charge in [-0.15, -0.1) is 0 Å². The normalized spacial score (nSPS) is 15.8. The molecule has 1 aliphatic rings. The molecule has 1 amide bonds. The van der Waals surface area contributed by atoms with Crippen LogP contribution in [0.15, 0.2) is 48.8 Å². The molecule has 1 fully saturated rings. The van der Waals surface area contributed by atoms with E-state index in [-0.39, 0.29) is 5.91 Å². The summed E-state index contributed by atoms with van der Waals surface area (Å²) in [5.41, 5.74) is 3.04. The first-order chi connectivity index (χ1) is 10.7. The van der Waals surface area contributed by atoms with E-state index in [0.29, 0.717) is 0 Å². The highest BCUT2D eigenvalue weighted by Crippen LogP contribution is 2.13. The van der Waals surface area contributed by atoms with Crippen LogP contribution in [0.4, 0.5) is 0 Å². The van der Waals surface area contributed by atoms with Gasteiger partial charge in [0.25, 0.3) is 5.91 Å². The molecule has 2 heterocycles. The maximum atomic E-state index is 12.6. The van der Waals surface area contributed by atoms with Crippen LogP contribution in [0.1, 0.15) is 21.5 Å². The number of hydrogen-bond acceptors (Lipinski definition) is 3. The molecular formula is C18H21N3O. The molecule has 114 valence electrons. The number of rotatable bonds is 3. The van der Waals surface area contributed by atoms with Crippen molar-refractivity contribution in [3.63, 3.8) is 0 Å². The SMILES string of the molecule is Cc1ccncc1C(=O)N1CCN(Cc2ccccc2)CC1. The smallest absolute Gasteiger partial charge is 0.255 e. The van der Waals surface area contributed by atoms with Crippen LogP contribution in [-0.4, -0.2) is 46.9 Å². The van der Waals surface area contributed by atoms with Gasteiger partial charge in [0.15, 0.2) is 0 Å². The zero-order valence-electron chi connectivity index (χ0n) is 12.9. The van der Waals surface area contributed by atoms with Gasteiger partial charge in [-0.3, -0.25) is 14.7 Å². The Morgan fingerprint density at radius 2 is 1.82 bits per heavy atom. The first-order valence-electron chi connectivity index (χ1n) is 7.70. The minimum absolute atomic E-state index is 0.102. The molecular weight excluding hydrogens is 274 g/mol. The van der Waals surface area contributed by atoms with Crippen LogP contribution in [0.2, 0.25) is 0 Å². The van der Waals surface area contributed by atoms with Gasteiger partial charge in [-0.1, -0.05) is 30.3 Å². The van der Waals surface area contributed by atoms with Gasteiger partial charge in [-0.25, -0.2) is 0 Å². The molecule has 0 bridgehead atoms. The lowest BCUT2D eigenvalue weighted by molar-refractivity contribution is 0.0627. The summed E-state index contributed by atoms with van der Waals surface area (Å²) in [5.74, 6) is 0.102. The number of hydrogen-bond donors (Lipinski definition) is 0. The largest absolute Gasteiger partial charge is 0.336 e. The second-order valence-corrected chi connectivity index (χ2v) is 5.74. The predicted molar refractivity (Wildman–Crippen MR) is 86.6 cm³/mol. The number of amides is 1. The van der Waals surface area contributed by atoms with Crippen molar-refractivity contribution in [2.45, 2.75) is 13.5 Å². The Morgan fingerprint density at radius 3 is 2.50 bits per heavy atom. The highest BCUT2D eigenvalue weighted by Gasteiger charge is 2.23. The molecule has 2 aromatic rings. The highest BCUT2D eigenvalue weighted by molar-refractivity contribution is 5.95. The molecule has 0 saturated carbocycles. The van der Waals surface area contributed by atoms with Crippen molar-refractivity contribution in [3.8, 4) is 0 Å². The lowest BCUT2D eigenvalue weighted by Gasteiger charge is -2.35. The summed E-state index contributed by atoms with van der Waals surface area (Å²) in [7, 11) is 0. The van der Waals surface area contributed by atoms with Gasteiger partial charge in [0.2, 0.25) is 0 Å². The minimum Gasteiger partial charge on any atom is -0.336 e. The number of aromatic nitrogens is 1. The summed E-state index contributed by atoms with van der Waals surface area (Å²) < 4.78 is 0. The molecule has 0 atom stereocenters. The summed E-state index contributed by atoms with van der Waals surface area (Å²) in [6.07, 6.45) is 3.40. The number of carbonyl (C=O) groups excluding carboxylic acids is 1. The predicted octanol–water partition coefficient (Wildman–Crippen LogP) is 2.35. The third-order valence-electron chi connectivity index (χ3n) is 4.18. The van der Waals surface area contributed by atoms with E-state index < -0.39 is 0 Å². The van der Waals surface area contributed by atoms with E-state index in [4.69, 9.17) is 0 Å². The molecule has 4 nitrogen and oxygen atoms in total. The molecule has 3 rings (SSSR count). The van der Waals surface area contributed by atoms with Crippen molar-refractivity contribution in [1.29, 1.82) is 0 Å². The molecule has 4 heteroatoms. The van der Waals surface area contributed by atoms with Gasteiger partial charge in [0, 0.05) is 45.1 Å². The summed E-state index contributed by atoms with van der Waals surface area (Å²) in [6.45, 7) is 6.30. The van der Waals surface area contributed by atoms with E-state index >= 15 is 0 Å². The summed E-state index contributed by atoms with van der Waals surface area (Å²) in [5, 5.41) is 0. The van der Waals surface area contributed by atoms with Crippen LogP contribution in [0.3, 0.4) is 0 Å². The van der Waals surface area contributed by atoms with Crippen molar-refractivity contribution in [1.82, 2.24) is 14.8 Å². The fraction of sp³-hybridized carbons (Fsp3) is 0.333. The number of aryl methyl sites for hydroxylation is 1. The standard InChI is InChI=1S/C18H21N3O/c1-15-7-8-19-13-17(15)18(22)21-11-9-20(10-12-21)14-16-5-3-2-4-6-16/h2-8,13H,9-12,14H2,1H3. The topological polar surface area (TPSA) is 36.4 Å². The molecule has 0 aliphatic carbocycles. The third-order valence-corrected chi connectivity index (χ3v) is 4.18. The van der Waals surface area contributed by atoms with E-state index in [0.717, 1.165) is 43.9 Å². The highest BCUT2D eigenvalue weighted by atomic mass is 16.2. The summed E-state index contributed by atoms with van der Waals surface area (Å²) in [6, 6.07) is 12.4. The first kappa shape index (κ1) is 14.7. The lowest BCUT2D eigenvalue weighted by atomic mass is 10.1. The average molecular weight is 295 g/mol. The molecule has 0 spiro atoms. The Bertz CT molecular complexity index is 634. The van der Waals surface area contributed by atoms with Gasteiger partial charge in [0.1, 0.15) is 0 Å². The van der Waals surface area contributed by atoms with Gasteiger partial charge >= 0.3 is 0 Å². The number of nitrogens with zero attached hydrogens (tertiary/aromatic N) is 3. The van der Waals surface area contributed by atoms with Gasteiger partial charge < -0.3 is 4.90 Å². The molecule has 1 saturated heterocycles. The first-order valence-corrected chi connectivity index (χ1v) is 7.70. The van der Waals surface area contributed by atoms with E-state index in [1.54, 1.807) is 12.4 Å². The maximum absolute atomic E-state index is 12.6. The second kappa shape index (κ2) is 6.71. The quantitative estimate of drug-likeness (QED) is 0.872. The maximum Gasteiger partial charge on any atom is 0.255 e. The minimum atomic E-state index is 0.102. The van der Waals surface area contributed by atoms with Crippen molar-refractivity contribution >= 4 is 5.91 Å². The van der Waals surface area contributed by atoms with Crippen LogP contribution in [-0.2, 0) is 6.54 Å². The van der Waals surface area contributed by atoms with Crippen LogP contribution in [0.25, 0.3) is 0 Å². The molecule has 0 unspecified atom stereocenters. The monoisotopic (exact) mass is 295 g/mol. The van der Waals surface area contributed by atoms with E-state index in [9.17, 15) is 4.79 Å². The zero-order valence-corrected chi connectivity index (χ0v) is 12.9. The fourth-order valence-corrected chi connectivity index (χ4v) is 2.81. The second-order valence-electron chi connectivity index (χ2n) is 5.74. The van der Waals surface area contributed by atoms with Crippen LogP contribution in [0.5, 0.6) is 0 Å². The zero-order chi connectivity index (χ0) is 15.4. The Kier molecular flexibility index (Phi) is 4.49.